The fourth-order valence-corrected chi connectivity index (χ4v) is 4.26. The van der Waals surface area contributed by atoms with Gasteiger partial charge in [-0.05, 0) is 69.4 Å². The van der Waals surface area contributed by atoms with E-state index in [9.17, 15) is 14.7 Å². The summed E-state index contributed by atoms with van der Waals surface area (Å²) in [5.74, 6) is 0.722. The van der Waals surface area contributed by atoms with Gasteiger partial charge in [-0.2, -0.15) is 0 Å². The summed E-state index contributed by atoms with van der Waals surface area (Å²) in [5.41, 5.74) is 4.20. The molecule has 0 bridgehead atoms. The Bertz CT molecular complexity index is 975. The van der Waals surface area contributed by atoms with Gasteiger partial charge in [-0.3, -0.25) is 14.5 Å². The van der Waals surface area contributed by atoms with Gasteiger partial charge in [-0.25, -0.2) is 0 Å². The van der Waals surface area contributed by atoms with Crippen molar-refractivity contribution in [1.29, 1.82) is 0 Å². The Hall–Kier alpha value is -2.82. The Labute approximate surface area is 164 Å². The minimum Gasteiger partial charge on any atom is -0.507 e. The molecule has 0 aromatic heterocycles. The van der Waals surface area contributed by atoms with E-state index < -0.39 is 5.60 Å². The molecule has 146 valence electrons. The van der Waals surface area contributed by atoms with Crippen LogP contribution in [-0.2, 0) is 6.42 Å². The fraction of sp³-hybridized carbons (Fsp3) is 0.391. The van der Waals surface area contributed by atoms with Crippen molar-refractivity contribution in [3.05, 3.63) is 57.6 Å². The van der Waals surface area contributed by atoms with Gasteiger partial charge in [0, 0.05) is 18.5 Å². The second-order valence-corrected chi connectivity index (χ2v) is 8.14. The zero-order chi connectivity index (χ0) is 20.2. The number of nitrogens with zero attached hydrogens (tertiary/aromatic N) is 1. The topological polar surface area (TPSA) is 66.8 Å². The van der Waals surface area contributed by atoms with E-state index >= 15 is 0 Å². The minimum atomic E-state index is -0.469. The van der Waals surface area contributed by atoms with Crippen molar-refractivity contribution in [3.8, 4) is 11.5 Å². The maximum absolute atomic E-state index is 12.6. The molecule has 1 unspecified atom stereocenters. The van der Waals surface area contributed by atoms with E-state index in [1.54, 1.807) is 24.3 Å². The summed E-state index contributed by atoms with van der Waals surface area (Å²) in [6, 6.07) is 6.95. The maximum atomic E-state index is 12.6. The largest absolute Gasteiger partial charge is 0.507 e. The normalized spacial score (nSPS) is 20.8. The number of aromatic hydroxyl groups is 1. The van der Waals surface area contributed by atoms with Crippen LogP contribution in [0.25, 0.3) is 0 Å². The molecule has 0 radical (unpaired) electrons. The summed E-state index contributed by atoms with van der Waals surface area (Å²) >= 11 is 0. The van der Waals surface area contributed by atoms with Gasteiger partial charge in [0.2, 0.25) is 0 Å². The molecule has 0 aliphatic carbocycles. The van der Waals surface area contributed by atoms with Crippen LogP contribution in [0.15, 0.2) is 24.3 Å². The molecule has 2 heterocycles. The molecule has 0 saturated heterocycles. The van der Waals surface area contributed by atoms with Crippen LogP contribution in [0.5, 0.6) is 11.5 Å². The number of imide groups is 1. The van der Waals surface area contributed by atoms with Crippen molar-refractivity contribution in [1.82, 2.24) is 4.90 Å². The molecule has 2 aromatic carbocycles. The number of rotatable bonds is 3. The number of hydrogen-bond donors (Lipinski definition) is 1. The van der Waals surface area contributed by atoms with Gasteiger partial charge < -0.3 is 9.84 Å². The predicted molar refractivity (Wildman–Crippen MR) is 106 cm³/mol. The van der Waals surface area contributed by atoms with Gasteiger partial charge in [0.25, 0.3) is 11.8 Å². The van der Waals surface area contributed by atoms with E-state index in [1.165, 1.54) is 4.90 Å². The lowest BCUT2D eigenvalue weighted by Crippen LogP contribution is -2.42. The first-order valence-electron chi connectivity index (χ1n) is 9.69. The third kappa shape index (κ3) is 2.68. The number of ether oxygens (including phenoxy) is 1. The van der Waals surface area contributed by atoms with Gasteiger partial charge in [-0.15, -0.1) is 0 Å². The summed E-state index contributed by atoms with van der Waals surface area (Å²) in [6.45, 7) is 8.14. The minimum absolute atomic E-state index is 0.229. The lowest BCUT2D eigenvalue weighted by molar-refractivity contribution is 0.0394. The van der Waals surface area contributed by atoms with Gasteiger partial charge in [0.15, 0.2) is 0 Å². The van der Waals surface area contributed by atoms with Crippen molar-refractivity contribution in [2.75, 3.05) is 6.54 Å². The smallest absolute Gasteiger partial charge is 0.261 e. The molecule has 5 nitrogen and oxygen atoms in total. The van der Waals surface area contributed by atoms with Crippen molar-refractivity contribution < 1.29 is 19.4 Å². The Morgan fingerprint density at radius 1 is 1.04 bits per heavy atom. The van der Waals surface area contributed by atoms with Crippen LogP contribution in [-0.4, -0.2) is 34.0 Å². The third-order valence-corrected chi connectivity index (χ3v) is 6.33. The third-order valence-electron chi connectivity index (χ3n) is 6.33. The van der Waals surface area contributed by atoms with Gasteiger partial charge >= 0.3 is 0 Å². The molecule has 1 atom stereocenters. The van der Waals surface area contributed by atoms with E-state index in [0.29, 0.717) is 29.8 Å². The van der Waals surface area contributed by atoms with E-state index in [1.807, 2.05) is 27.7 Å². The summed E-state index contributed by atoms with van der Waals surface area (Å²) in [5, 5.41) is 10.3. The van der Waals surface area contributed by atoms with Gasteiger partial charge in [-0.1, -0.05) is 12.1 Å². The summed E-state index contributed by atoms with van der Waals surface area (Å²) in [7, 11) is 0. The maximum Gasteiger partial charge on any atom is 0.261 e. The second-order valence-electron chi connectivity index (χ2n) is 8.14. The molecule has 28 heavy (non-hydrogen) atoms. The molecule has 2 aliphatic heterocycles. The van der Waals surface area contributed by atoms with Crippen LogP contribution >= 0.6 is 0 Å². The second kappa shape index (κ2) is 6.36. The number of amides is 2. The van der Waals surface area contributed by atoms with Crippen LogP contribution in [0, 0.1) is 20.8 Å². The number of phenolic OH excluding ortho intramolecular Hbond substituents is 1. The Balaban J connectivity index is 1.55. The Morgan fingerprint density at radius 3 is 2.25 bits per heavy atom. The molecule has 2 aromatic rings. The van der Waals surface area contributed by atoms with E-state index in [-0.39, 0.29) is 11.8 Å². The monoisotopic (exact) mass is 379 g/mol. The summed E-state index contributed by atoms with van der Waals surface area (Å²) in [6.07, 6.45) is 2.14. The molecule has 2 aliphatic rings. The van der Waals surface area contributed by atoms with Crippen LogP contribution in [0.3, 0.4) is 0 Å². The molecule has 2 amide bonds. The zero-order valence-corrected chi connectivity index (χ0v) is 16.8. The average molecular weight is 379 g/mol. The highest BCUT2D eigenvalue weighted by Crippen LogP contribution is 2.44. The lowest BCUT2D eigenvalue weighted by atomic mass is 9.85. The number of phenols is 1. The number of carbonyl (C=O) groups is 2. The molecular formula is C23H25NO4. The van der Waals surface area contributed by atoms with Gasteiger partial charge in [0.05, 0.1) is 11.1 Å². The van der Waals surface area contributed by atoms with Crippen LogP contribution in [0.2, 0.25) is 0 Å². The van der Waals surface area contributed by atoms with Crippen LogP contribution < -0.4 is 4.74 Å². The SMILES string of the molecule is Cc1c(C)c2c(c(C)c1O)CCC(C)(CCN1C(=O)c3ccccc3C1=O)O2. The summed E-state index contributed by atoms with van der Waals surface area (Å²) < 4.78 is 6.41. The number of hydrogen-bond acceptors (Lipinski definition) is 4. The fourth-order valence-electron chi connectivity index (χ4n) is 4.26. The molecule has 5 heteroatoms. The van der Waals surface area contributed by atoms with Crippen LogP contribution in [0.4, 0.5) is 0 Å². The predicted octanol–water partition coefficient (Wildman–Crippen LogP) is 4.09. The number of fused-ring (bicyclic) bond motifs is 2. The standard InChI is InChI=1S/C23H25NO4/c1-13-14(2)20-16(15(3)19(13)25)9-10-23(4,28-20)11-12-24-21(26)17-7-5-6-8-18(17)22(24)27/h5-8,25H,9-12H2,1-4H3. The zero-order valence-electron chi connectivity index (χ0n) is 16.8. The first-order chi connectivity index (χ1) is 13.2. The Kier molecular flexibility index (Phi) is 4.21. The highest BCUT2D eigenvalue weighted by molar-refractivity contribution is 6.21. The van der Waals surface area contributed by atoms with Crippen molar-refractivity contribution in [2.24, 2.45) is 0 Å². The molecule has 4 rings (SSSR count). The van der Waals surface area contributed by atoms with Crippen molar-refractivity contribution >= 4 is 11.8 Å². The van der Waals surface area contributed by atoms with E-state index in [0.717, 1.165) is 40.8 Å². The lowest BCUT2D eigenvalue weighted by Gasteiger charge is -2.38. The average Bonchev–Trinajstić information content (AvgIpc) is 2.94. The first kappa shape index (κ1) is 18.5. The number of carbonyl (C=O) groups excluding carboxylic acids is 2. The molecular weight excluding hydrogens is 354 g/mol. The molecule has 1 N–H and O–H groups in total. The molecule has 0 fully saturated rings. The van der Waals surface area contributed by atoms with E-state index in [4.69, 9.17) is 4.74 Å². The highest BCUT2D eigenvalue weighted by Gasteiger charge is 2.39. The number of benzene rings is 2. The quantitative estimate of drug-likeness (QED) is 0.816. The van der Waals surface area contributed by atoms with Crippen LogP contribution in [0.1, 0.15) is 62.7 Å². The Morgan fingerprint density at radius 2 is 1.64 bits per heavy atom. The van der Waals surface area contributed by atoms with Crippen molar-refractivity contribution in [2.45, 2.75) is 52.6 Å². The highest BCUT2D eigenvalue weighted by atomic mass is 16.5. The first-order valence-corrected chi connectivity index (χ1v) is 9.69. The molecule has 0 spiro atoms. The van der Waals surface area contributed by atoms with Crippen molar-refractivity contribution in [3.63, 3.8) is 0 Å². The molecule has 0 saturated carbocycles. The van der Waals surface area contributed by atoms with Gasteiger partial charge in [0.1, 0.15) is 17.1 Å². The van der Waals surface area contributed by atoms with E-state index in [2.05, 4.69) is 0 Å². The summed E-state index contributed by atoms with van der Waals surface area (Å²) in [4.78, 5) is 26.5.